The van der Waals surface area contributed by atoms with E-state index in [1.54, 1.807) is 0 Å². The maximum atomic E-state index is 13.1. The van der Waals surface area contributed by atoms with Crippen LogP contribution in [-0.2, 0) is 6.61 Å². The van der Waals surface area contributed by atoms with Crippen LogP contribution in [0.25, 0.3) is 0 Å². The van der Waals surface area contributed by atoms with Gasteiger partial charge in [0, 0.05) is 18.6 Å². The van der Waals surface area contributed by atoms with Gasteiger partial charge in [0.25, 0.3) is 5.91 Å². The number of rotatable bonds is 6. The summed E-state index contributed by atoms with van der Waals surface area (Å²) in [6.07, 6.45) is 2.85. The lowest BCUT2D eigenvalue weighted by atomic mass is 10.1. The van der Waals surface area contributed by atoms with E-state index in [0.29, 0.717) is 24.5 Å². The summed E-state index contributed by atoms with van der Waals surface area (Å²) in [5.41, 5.74) is 7.74. The van der Waals surface area contributed by atoms with Crippen LogP contribution in [0.5, 0.6) is 5.75 Å². The molecule has 1 fully saturated rings. The van der Waals surface area contributed by atoms with Gasteiger partial charge in [-0.05, 0) is 43.9 Å². The molecule has 2 aromatic rings. The van der Waals surface area contributed by atoms with E-state index in [1.165, 1.54) is 0 Å². The lowest BCUT2D eigenvalue weighted by molar-refractivity contribution is 0.0687. The molecule has 1 saturated carbocycles. The summed E-state index contributed by atoms with van der Waals surface area (Å²) in [5.74, 6) is 0.669. The first-order chi connectivity index (χ1) is 12.2. The van der Waals surface area contributed by atoms with Gasteiger partial charge in [-0.3, -0.25) is 4.79 Å². The van der Waals surface area contributed by atoms with Crippen LogP contribution in [0.4, 0.5) is 0 Å². The summed E-state index contributed by atoms with van der Waals surface area (Å²) in [6.45, 7) is 3.16. The molecule has 0 saturated heterocycles. The van der Waals surface area contributed by atoms with Crippen molar-refractivity contribution in [2.45, 2.75) is 44.9 Å². The highest BCUT2D eigenvalue weighted by Gasteiger charge is 2.30. The summed E-state index contributed by atoms with van der Waals surface area (Å²) >= 11 is 0. The van der Waals surface area contributed by atoms with E-state index in [9.17, 15) is 4.79 Å². The van der Waals surface area contributed by atoms with Crippen LogP contribution >= 0.6 is 0 Å². The number of ether oxygens (including phenoxy) is 1. The Hall–Kier alpha value is -2.33. The minimum Gasteiger partial charge on any atom is -0.488 e. The Balaban J connectivity index is 1.75. The molecule has 0 aromatic heterocycles. The quantitative estimate of drug-likeness (QED) is 0.875. The van der Waals surface area contributed by atoms with Gasteiger partial charge >= 0.3 is 0 Å². The van der Waals surface area contributed by atoms with Crippen LogP contribution < -0.4 is 10.5 Å². The second-order valence-electron chi connectivity index (χ2n) is 6.59. The molecule has 4 nitrogen and oxygen atoms in total. The van der Waals surface area contributed by atoms with Crippen molar-refractivity contribution in [1.82, 2.24) is 4.90 Å². The van der Waals surface area contributed by atoms with Crippen molar-refractivity contribution in [2.24, 2.45) is 5.73 Å². The van der Waals surface area contributed by atoms with Gasteiger partial charge < -0.3 is 15.4 Å². The number of carbonyl (C=O) groups is 1. The topological polar surface area (TPSA) is 55.6 Å². The van der Waals surface area contributed by atoms with Crippen molar-refractivity contribution in [2.75, 3.05) is 6.54 Å². The molecule has 132 valence electrons. The number of benzene rings is 2. The lowest BCUT2D eigenvalue weighted by Gasteiger charge is -2.28. The summed E-state index contributed by atoms with van der Waals surface area (Å²) < 4.78 is 5.95. The molecule has 1 amide bonds. The van der Waals surface area contributed by atoms with Crippen molar-refractivity contribution in [3.8, 4) is 5.75 Å². The molecule has 1 aliphatic carbocycles. The van der Waals surface area contributed by atoms with Crippen molar-refractivity contribution in [3.05, 3.63) is 65.7 Å². The van der Waals surface area contributed by atoms with Gasteiger partial charge in [-0.15, -0.1) is 0 Å². The monoisotopic (exact) mass is 338 g/mol. The molecule has 0 bridgehead atoms. The standard InChI is InChI=1S/C21H26N2O2/c1-2-23(18-13-12-17(22)14-18)21(24)19-10-6-7-11-20(19)25-15-16-8-4-3-5-9-16/h3-11,17-18H,2,12-15,22H2,1H3/t17-,18+/m0/s1. The van der Waals surface area contributed by atoms with Crippen LogP contribution in [0, 0.1) is 0 Å². The van der Waals surface area contributed by atoms with E-state index in [1.807, 2.05) is 66.4 Å². The maximum absolute atomic E-state index is 13.1. The van der Waals surface area contributed by atoms with Crippen LogP contribution in [0.2, 0.25) is 0 Å². The summed E-state index contributed by atoms with van der Waals surface area (Å²) in [4.78, 5) is 15.0. The maximum Gasteiger partial charge on any atom is 0.257 e. The van der Waals surface area contributed by atoms with Gasteiger partial charge in [-0.2, -0.15) is 0 Å². The molecule has 3 rings (SSSR count). The van der Waals surface area contributed by atoms with E-state index in [2.05, 4.69) is 0 Å². The van der Waals surface area contributed by atoms with Crippen molar-refractivity contribution in [3.63, 3.8) is 0 Å². The SMILES string of the molecule is CCN(C(=O)c1ccccc1OCc1ccccc1)[C@@H]1CC[C@H](N)C1. The number of para-hydroxylation sites is 1. The Morgan fingerprint density at radius 1 is 1.12 bits per heavy atom. The highest BCUT2D eigenvalue weighted by Crippen LogP contribution is 2.27. The average molecular weight is 338 g/mol. The fraction of sp³-hybridized carbons (Fsp3) is 0.381. The zero-order chi connectivity index (χ0) is 17.6. The molecular formula is C21H26N2O2. The third-order valence-electron chi connectivity index (χ3n) is 4.84. The van der Waals surface area contributed by atoms with Gasteiger partial charge in [0.1, 0.15) is 12.4 Å². The van der Waals surface area contributed by atoms with Crippen LogP contribution in [-0.4, -0.2) is 29.4 Å². The summed E-state index contributed by atoms with van der Waals surface area (Å²) in [7, 11) is 0. The predicted molar refractivity (Wildman–Crippen MR) is 99.5 cm³/mol. The summed E-state index contributed by atoms with van der Waals surface area (Å²) in [6, 6.07) is 17.9. The highest BCUT2D eigenvalue weighted by atomic mass is 16.5. The van der Waals surface area contributed by atoms with Gasteiger partial charge in [0.15, 0.2) is 0 Å². The number of nitrogens with zero attached hydrogens (tertiary/aromatic N) is 1. The fourth-order valence-corrected chi connectivity index (χ4v) is 3.50. The molecule has 1 aliphatic rings. The lowest BCUT2D eigenvalue weighted by Crippen LogP contribution is -2.39. The van der Waals surface area contributed by atoms with Crippen molar-refractivity contribution < 1.29 is 9.53 Å². The molecule has 0 aliphatic heterocycles. The molecule has 2 aromatic carbocycles. The number of hydrogen-bond donors (Lipinski definition) is 1. The van der Waals surface area contributed by atoms with Gasteiger partial charge in [0.2, 0.25) is 0 Å². The first-order valence-corrected chi connectivity index (χ1v) is 9.01. The molecule has 4 heteroatoms. The van der Waals surface area contributed by atoms with Crippen LogP contribution in [0.3, 0.4) is 0 Å². The van der Waals surface area contributed by atoms with Crippen molar-refractivity contribution in [1.29, 1.82) is 0 Å². The van der Waals surface area contributed by atoms with Gasteiger partial charge in [-0.1, -0.05) is 42.5 Å². The van der Waals surface area contributed by atoms with E-state index in [4.69, 9.17) is 10.5 Å². The van der Waals surface area contributed by atoms with Crippen LogP contribution in [0.15, 0.2) is 54.6 Å². The molecule has 0 unspecified atom stereocenters. The first-order valence-electron chi connectivity index (χ1n) is 9.01. The van der Waals surface area contributed by atoms with E-state index in [0.717, 1.165) is 24.8 Å². The molecular weight excluding hydrogens is 312 g/mol. The van der Waals surface area contributed by atoms with E-state index in [-0.39, 0.29) is 18.0 Å². The molecule has 2 N–H and O–H groups in total. The second kappa shape index (κ2) is 8.17. The Bertz CT molecular complexity index is 702. The van der Waals surface area contributed by atoms with E-state index >= 15 is 0 Å². The fourth-order valence-electron chi connectivity index (χ4n) is 3.50. The van der Waals surface area contributed by atoms with Gasteiger partial charge in [-0.25, -0.2) is 0 Å². The third-order valence-corrected chi connectivity index (χ3v) is 4.84. The minimum atomic E-state index is 0.0326. The second-order valence-corrected chi connectivity index (χ2v) is 6.59. The number of hydrogen-bond acceptors (Lipinski definition) is 3. The average Bonchev–Trinajstić information content (AvgIpc) is 3.07. The largest absolute Gasteiger partial charge is 0.488 e. The third kappa shape index (κ3) is 4.20. The molecule has 0 heterocycles. The predicted octanol–water partition coefficient (Wildman–Crippen LogP) is 3.61. The Morgan fingerprint density at radius 3 is 2.52 bits per heavy atom. The molecule has 0 radical (unpaired) electrons. The number of carbonyl (C=O) groups excluding carboxylic acids is 1. The summed E-state index contributed by atoms with van der Waals surface area (Å²) in [5, 5.41) is 0. The Kier molecular flexibility index (Phi) is 5.71. The smallest absolute Gasteiger partial charge is 0.257 e. The molecule has 0 spiro atoms. The number of nitrogens with two attached hydrogens (primary N) is 1. The van der Waals surface area contributed by atoms with Crippen molar-refractivity contribution >= 4 is 5.91 Å². The minimum absolute atomic E-state index is 0.0326. The normalized spacial score (nSPS) is 19.6. The zero-order valence-electron chi connectivity index (χ0n) is 14.7. The first kappa shape index (κ1) is 17.5. The van der Waals surface area contributed by atoms with E-state index < -0.39 is 0 Å². The van der Waals surface area contributed by atoms with Crippen LogP contribution in [0.1, 0.15) is 42.1 Å². The number of amides is 1. The van der Waals surface area contributed by atoms with Gasteiger partial charge in [0.05, 0.1) is 5.56 Å². The Labute approximate surface area is 149 Å². The molecule has 25 heavy (non-hydrogen) atoms. The molecule has 2 atom stereocenters. The Morgan fingerprint density at radius 2 is 1.84 bits per heavy atom. The highest BCUT2D eigenvalue weighted by molar-refractivity contribution is 5.97. The zero-order valence-corrected chi connectivity index (χ0v) is 14.7.